The van der Waals surface area contributed by atoms with Gasteiger partial charge in [-0.15, -0.1) is 12.3 Å². The van der Waals surface area contributed by atoms with Crippen LogP contribution in [-0.2, 0) is 4.79 Å². The Morgan fingerprint density at radius 3 is 2.81 bits per heavy atom. The molecule has 0 unspecified atom stereocenters. The van der Waals surface area contributed by atoms with E-state index in [1.165, 1.54) is 18.2 Å². The molecule has 0 saturated heterocycles. The predicted molar refractivity (Wildman–Crippen MR) is 56.8 cm³/mol. The molecule has 0 amide bonds. The van der Waals surface area contributed by atoms with Gasteiger partial charge in [0, 0.05) is 12.5 Å². The number of rotatable bonds is 4. The molecule has 0 spiro atoms. The summed E-state index contributed by atoms with van der Waals surface area (Å²) in [6, 6.07) is 5.68. The van der Waals surface area contributed by atoms with Crippen LogP contribution in [0.25, 0.3) is 0 Å². The van der Waals surface area contributed by atoms with Crippen molar-refractivity contribution in [2.45, 2.75) is 12.8 Å². The van der Waals surface area contributed by atoms with Crippen LogP contribution in [-0.4, -0.2) is 10.9 Å². The highest BCUT2D eigenvalue weighted by molar-refractivity contribution is 5.74. The average molecular weight is 219 g/mol. The minimum atomic E-state index is -0.607. The lowest BCUT2D eigenvalue weighted by Gasteiger charge is -2.03. The molecule has 0 bridgehead atoms. The first-order valence-electron chi connectivity index (χ1n) is 4.52. The maximum absolute atomic E-state index is 11.2. The average Bonchev–Trinajstić information content (AvgIpc) is 2.27. The van der Waals surface area contributed by atoms with Gasteiger partial charge in [-0.1, -0.05) is 12.1 Å². The molecule has 0 aliphatic rings. The summed E-state index contributed by atoms with van der Waals surface area (Å²) in [4.78, 5) is 21.2. The van der Waals surface area contributed by atoms with Gasteiger partial charge >= 0.3 is 11.7 Å². The van der Waals surface area contributed by atoms with Crippen LogP contribution in [0.4, 0.5) is 5.69 Å². The quantitative estimate of drug-likeness (QED) is 0.255. The number of carbonyl (C=O) groups is 1. The Balaban J connectivity index is 2.77. The number of benzene rings is 1. The normalized spacial score (nSPS) is 9.19. The molecule has 0 N–H and O–H groups in total. The Morgan fingerprint density at radius 1 is 1.50 bits per heavy atom. The van der Waals surface area contributed by atoms with E-state index in [-0.39, 0.29) is 24.3 Å². The monoisotopic (exact) mass is 219 g/mol. The van der Waals surface area contributed by atoms with Crippen molar-refractivity contribution < 1.29 is 14.5 Å². The Labute approximate surface area is 92.2 Å². The molecule has 1 aromatic rings. The van der Waals surface area contributed by atoms with Crippen molar-refractivity contribution in [1.82, 2.24) is 0 Å². The van der Waals surface area contributed by atoms with Crippen molar-refractivity contribution in [3.63, 3.8) is 0 Å². The fraction of sp³-hybridized carbons (Fsp3) is 0.182. The van der Waals surface area contributed by atoms with Crippen molar-refractivity contribution in [3.8, 4) is 18.1 Å². The van der Waals surface area contributed by atoms with Crippen molar-refractivity contribution in [2.75, 3.05) is 0 Å². The van der Waals surface area contributed by atoms with Gasteiger partial charge in [-0.05, 0) is 6.07 Å². The van der Waals surface area contributed by atoms with Crippen molar-refractivity contribution >= 4 is 11.7 Å². The summed E-state index contributed by atoms with van der Waals surface area (Å²) >= 11 is 0. The van der Waals surface area contributed by atoms with Gasteiger partial charge in [-0.3, -0.25) is 14.9 Å². The number of nitrogens with zero attached hydrogens (tertiary/aromatic N) is 1. The summed E-state index contributed by atoms with van der Waals surface area (Å²) in [5.41, 5.74) is -0.239. The van der Waals surface area contributed by atoms with Crippen LogP contribution in [0, 0.1) is 22.5 Å². The molecule has 5 heteroatoms. The molecule has 0 atom stereocenters. The second kappa shape index (κ2) is 5.51. The second-order valence-electron chi connectivity index (χ2n) is 2.90. The van der Waals surface area contributed by atoms with E-state index >= 15 is 0 Å². The molecule has 82 valence electrons. The van der Waals surface area contributed by atoms with Gasteiger partial charge in [0.05, 0.1) is 11.3 Å². The zero-order chi connectivity index (χ0) is 12.0. The van der Waals surface area contributed by atoms with E-state index in [1.807, 2.05) is 0 Å². The molecule has 0 fully saturated rings. The molecule has 5 nitrogen and oxygen atoms in total. The van der Waals surface area contributed by atoms with E-state index < -0.39 is 10.9 Å². The molecule has 1 rings (SSSR count). The van der Waals surface area contributed by atoms with Crippen LogP contribution in [0.2, 0.25) is 0 Å². The lowest BCUT2D eigenvalue weighted by molar-refractivity contribution is -0.385. The highest BCUT2D eigenvalue weighted by Crippen LogP contribution is 2.26. The van der Waals surface area contributed by atoms with Gasteiger partial charge in [-0.2, -0.15) is 0 Å². The summed E-state index contributed by atoms with van der Waals surface area (Å²) in [6.45, 7) is 0. The number of ether oxygens (including phenoxy) is 1. The molecule has 0 aliphatic carbocycles. The summed E-state index contributed by atoms with van der Waals surface area (Å²) < 4.78 is 4.83. The third kappa shape index (κ3) is 3.10. The highest BCUT2D eigenvalue weighted by atomic mass is 16.6. The van der Waals surface area contributed by atoms with Crippen LogP contribution in [0.5, 0.6) is 5.75 Å². The standard InChI is InChI=1S/C11H9NO4/c1-2-3-8-11(13)16-10-7-5-4-6-9(10)12(14)15/h1,4-7H,3,8H2. The molecular formula is C11H9NO4. The Hall–Kier alpha value is -2.35. The Kier molecular flexibility index (Phi) is 4.04. The van der Waals surface area contributed by atoms with Gasteiger partial charge in [0.1, 0.15) is 0 Å². The van der Waals surface area contributed by atoms with Crippen molar-refractivity contribution in [1.29, 1.82) is 0 Å². The van der Waals surface area contributed by atoms with Crippen molar-refractivity contribution in [2.24, 2.45) is 0 Å². The summed E-state index contributed by atoms with van der Waals surface area (Å²) in [6.07, 6.45) is 5.28. The van der Waals surface area contributed by atoms with Crippen molar-refractivity contribution in [3.05, 3.63) is 34.4 Å². The first kappa shape index (κ1) is 11.7. The molecule has 16 heavy (non-hydrogen) atoms. The predicted octanol–water partition coefficient (Wildman–Crippen LogP) is 1.91. The third-order valence-corrected chi connectivity index (χ3v) is 1.76. The molecule has 0 saturated carbocycles. The number of para-hydroxylation sites is 2. The summed E-state index contributed by atoms with van der Waals surface area (Å²) in [5, 5.41) is 10.6. The second-order valence-corrected chi connectivity index (χ2v) is 2.90. The summed E-state index contributed by atoms with van der Waals surface area (Å²) in [7, 11) is 0. The lowest BCUT2D eigenvalue weighted by Crippen LogP contribution is -2.08. The van der Waals surface area contributed by atoms with Crippen LogP contribution in [0.1, 0.15) is 12.8 Å². The molecule has 1 aromatic carbocycles. The van der Waals surface area contributed by atoms with E-state index in [9.17, 15) is 14.9 Å². The van der Waals surface area contributed by atoms with Gasteiger partial charge in [-0.25, -0.2) is 0 Å². The van der Waals surface area contributed by atoms with Gasteiger partial charge in [0.15, 0.2) is 0 Å². The topological polar surface area (TPSA) is 69.4 Å². The maximum Gasteiger partial charge on any atom is 0.312 e. The van der Waals surface area contributed by atoms with Crippen LogP contribution >= 0.6 is 0 Å². The van der Waals surface area contributed by atoms with E-state index in [0.29, 0.717) is 0 Å². The fourth-order valence-corrected chi connectivity index (χ4v) is 1.04. The van der Waals surface area contributed by atoms with E-state index in [1.54, 1.807) is 6.07 Å². The van der Waals surface area contributed by atoms with E-state index in [0.717, 1.165) is 0 Å². The number of nitro benzene ring substituents is 1. The minimum Gasteiger partial charge on any atom is -0.419 e. The molecule has 0 aliphatic heterocycles. The number of carbonyl (C=O) groups excluding carboxylic acids is 1. The van der Waals surface area contributed by atoms with Crippen LogP contribution < -0.4 is 4.74 Å². The van der Waals surface area contributed by atoms with Crippen LogP contribution in [0.15, 0.2) is 24.3 Å². The number of esters is 1. The minimum absolute atomic E-state index is 0.0442. The number of hydrogen-bond acceptors (Lipinski definition) is 4. The first-order valence-corrected chi connectivity index (χ1v) is 4.52. The third-order valence-electron chi connectivity index (χ3n) is 1.76. The fourth-order valence-electron chi connectivity index (χ4n) is 1.04. The van der Waals surface area contributed by atoms with Crippen LogP contribution in [0.3, 0.4) is 0 Å². The lowest BCUT2D eigenvalue weighted by atomic mass is 10.3. The zero-order valence-corrected chi connectivity index (χ0v) is 8.38. The number of hydrogen-bond donors (Lipinski definition) is 0. The molecule has 0 heterocycles. The van der Waals surface area contributed by atoms with Gasteiger partial charge in [0.25, 0.3) is 0 Å². The maximum atomic E-state index is 11.2. The highest BCUT2D eigenvalue weighted by Gasteiger charge is 2.16. The number of terminal acetylenes is 1. The first-order chi connectivity index (χ1) is 7.65. The Bertz CT molecular complexity index is 448. The summed E-state index contributed by atoms with van der Waals surface area (Å²) in [5.74, 6) is 1.65. The Morgan fingerprint density at radius 2 is 2.19 bits per heavy atom. The largest absolute Gasteiger partial charge is 0.419 e. The van der Waals surface area contributed by atoms with E-state index in [4.69, 9.17) is 11.2 Å². The van der Waals surface area contributed by atoms with Gasteiger partial charge in [0.2, 0.25) is 5.75 Å². The molecule has 0 radical (unpaired) electrons. The number of nitro groups is 1. The molecular weight excluding hydrogens is 210 g/mol. The molecule has 0 aromatic heterocycles. The smallest absolute Gasteiger partial charge is 0.312 e. The van der Waals surface area contributed by atoms with E-state index in [2.05, 4.69) is 5.92 Å². The van der Waals surface area contributed by atoms with Gasteiger partial charge < -0.3 is 4.74 Å². The zero-order valence-electron chi connectivity index (χ0n) is 8.38. The SMILES string of the molecule is C#CCCC(=O)Oc1ccccc1[N+](=O)[O-].